The number of aromatic nitrogens is 1. The highest BCUT2D eigenvalue weighted by Gasteiger charge is 2.19. The quantitative estimate of drug-likeness (QED) is 0.764. The monoisotopic (exact) mass is 213 g/mol. The minimum atomic E-state index is -0.896. The summed E-state index contributed by atoms with van der Waals surface area (Å²) in [6, 6.07) is 9.88. The van der Waals surface area contributed by atoms with Gasteiger partial charge < -0.3 is 10.1 Å². The van der Waals surface area contributed by atoms with Crippen LogP contribution in [0.2, 0.25) is 0 Å². The molecule has 80 valence electrons. The highest BCUT2D eigenvalue weighted by atomic mass is 16.4. The Morgan fingerprint density at radius 3 is 2.75 bits per heavy atom. The Hall–Kier alpha value is -2.03. The number of benzene rings is 1. The fourth-order valence-corrected chi connectivity index (χ4v) is 2.30. The van der Waals surface area contributed by atoms with Crippen molar-refractivity contribution in [2.75, 3.05) is 0 Å². The molecule has 0 radical (unpaired) electrons. The van der Waals surface area contributed by atoms with E-state index in [-0.39, 0.29) is 5.69 Å². The van der Waals surface area contributed by atoms with Gasteiger partial charge in [0.15, 0.2) is 0 Å². The normalized spacial score (nSPS) is 13.0. The number of carbonyl (C=O) groups is 1. The van der Waals surface area contributed by atoms with Gasteiger partial charge in [0, 0.05) is 11.3 Å². The zero-order valence-corrected chi connectivity index (χ0v) is 8.66. The van der Waals surface area contributed by atoms with Crippen LogP contribution < -0.4 is 0 Å². The number of nitrogens with one attached hydrogen (secondary N) is 1. The van der Waals surface area contributed by atoms with E-state index in [1.54, 1.807) is 6.07 Å². The Morgan fingerprint density at radius 1 is 1.19 bits per heavy atom. The SMILES string of the molecule is O=C(O)c1cc2c([nH]1)-c1ccccc1CC2. The molecule has 3 heteroatoms. The predicted molar refractivity (Wildman–Crippen MR) is 60.6 cm³/mol. The first-order valence-electron chi connectivity index (χ1n) is 5.29. The Kier molecular flexibility index (Phi) is 1.86. The van der Waals surface area contributed by atoms with Crippen molar-refractivity contribution in [2.24, 2.45) is 0 Å². The summed E-state index contributed by atoms with van der Waals surface area (Å²) in [4.78, 5) is 13.9. The molecule has 0 unspecified atom stereocenters. The van der Waals surface area contributed by atoms with E-state index in [1.165, 1.54) is 5.56 Å². The molecular formula is C13H11NO2. The first-order valence-corrected chi connectivity index (χ1v) is 5.29. The Labute approximate surface area is 92.7 Å². The number of aromatic carboxylic acids is 1. The second-order valence-electron chi connectivity index (χ2n) is 4.05. The minimum Gasteiger partial charge on any atom is -0.477 e. The van der Waals surface area contributed by atoms with Gasteiger partial charge in [-0.15, -0.1) is 0 Å². The van der Waals surface area contributed by atoms with Gasteiger partial charge in [0.05, 0.1) is 0 Å². The topological polar surface area (TPSA) is 53.1 Å². The maximum absolute atomic E-state index is 10.9. The van der Waals surface area contributed by atoms with Crippen LogP contribution in [-0.4, -0.2) is 16.1 Å². The van der Waals surface area contributed by atoms with Crippen LogP contribution in [-0.2, 0) is 12.8 Å². The third-order valence-electron chi connectivity index (χ3n) is 3.08. The highest BCUT2D eigenvalue weighted by molar-refractivity contribution is 5.88. The van der Waals surface area contributed by atoms with Crippen LogP contribution in [0.15, 0.2) is 30.3 Å². The second-order valence-corrected chi connectivity index (χ2v) is 4.05. The van der Waals surface area contributed by atoms with Crippen molar-refractivity contribution in [3.05, 3.63) is 47.2 Å². The summed E-state index contributed by atoms with van der Waals surface area (Å²) < 4.78 is 0. The molecule has 2 N–H and O–H groups in total. The molecule has 0 saturated heterocycles. The molecule has 0 aliphatic heterocycles. The van der Waals surface area contributed by atoms with Crippen LogP contribution in [0.25, 0.3) is 11.3 Å². The molecular weight excluding hydrogens is 202 g/mol. The molecule has 0 saturated carbocycles. The summed E-state index contributed by atoms with van der Waals surface area (Å²) in [6.07, 6.45) is 1.90. The summed E-state index contributed by atoms with van der Waals surface area (Å²) >= 11 is 0. The molecule has 1 aromatic carbocycles. The van der Waals surface area contributed by atoms with E-state index in [1.807, 2.05) is 18.2 Å². The Bertz CT molecular complexity index is 569. The largest absolute Gasteiger partial charge is 0.477 e. The number of fused-ring (bicyclic) bond motifs is 3. The molecule has 0 spiro atoms. The lowest BCUT2D eigenvalue weighted by Crippen LogP contribution is -2.01. The Balaban J connectivity index is 2.20. The summed E-state index contributed by atoms with van der Waals surface area (Å²) in [6.45, 7) is 0. The van der Waals surface area contributed by atoms with E-state index in [9.17, 15) is 4.79 Å². The lowest BCUT2D eigenvalue weighted by atomic mass is 9.90. The van der Waals surface area contributed by atoms with E-state index in [2.05, 4.69) is 11.1 Å². The maximum Gasteiger partial charge on any atom is 0.352 e. The number of hydrogen-bond donors (Lipinski definition) is 2. The number of aryl methyl sites for hydroxylation is 2. The zero-order valence-electron chi connectivity index (χ0n) is 8.66. The third kappa shape index (κ3) is 1.25. The first kappa shape index (κ1) is 9.21. The third-order valence-corrected chi connectivity index (χ3v) is 3.08. The molecule has 3 nitrogen and oxygen atoms in total. The maximum atomic E-state index is 10.9. The van der Waals surface area contributed by atoms with Gasteiger partial charge in [0.1, 0.15) is 5.69 Å². The van der Waals surface area contributed by atoms with Crippen molar-refractivity contribution in [1.82, 2.24) is 4.98 Å². The number of hydrogen-bond acceptors (Lipinski definition) is 1. The average molecular weight is 213 g/mol. The Morgan fingerprint density at radius 2 is 1.94 bits per heavy atom. The molecule has 1 heterocycles. The number of H-pyrrole nitrogens is 1. The number of carboxylic acids is 1. The van der Waals surface area contributed by atoms with Crippen molar-refractivity contribution < 1.29 is 9.90 Å². The number of aromatic amines is 1. The van der Waals surface area contributed by atoms with E-state index in [0.717, 1.165) is 29.7 Å². The van der Waals surface area contributed by atoms with E-state index >= 15 is 0 Å². The van der Waals surface area contributed by atoms with Crippen LogP contribution in [0, 0.1) is 0 Å². The van der Waals surface area contributed by atoms with Crippen LogP contribution in [0.3, 0.4) is 0 Å². The molecule has 0 atom stereocenters. The molecule has 1 aliphatic carbocycles. The van der Waals surface area contributed by atoms with E-state index in [0.29, 0.717) is 0 Å². The van der Waals surface area contributed by atoms with Gasteiger partial charge in [-0.05, 0) is 30.0 Å². The summed E-state index contributed by atoms with van der Waals surface area (Å²) in [5.74, 6) is -0.896. The summed E-state index contributed by atoms with van der Waals surface area (Å²) in [7, 11) is 0. The van der Waals surface area contributed by atoms with E-state index in [4.69, 9.17) is 5.11 Å². The first-order chi connectivity index (χ1) is 7.75. The van der Waals surface area contributed by atoms with Crippen molar-refractivity contribution >= 4 is 5.97 Å². The number of carboxylic acid groups (broad SMARTS) is 1. The number of rotatable bonds is 1. The van der Waals surface area contributed by atoms with Crippen molar-refractivity contribution in [3.63, 3.8) is 0 Å². The minimum absolute atomic E-state index is 0.279. The molecule has 1 aliphatic rings. The fraction of sp³-hybridized carbons (Fsp3) is 0.154. The van der Waals surface area contributed by atoms with Gasteiger partial charge in [-0.3, -0.25) is 0 Å². The van der Waals surface area contributed by atoms with Gasteiger partial charge in [-0.2, -0.15) is 0 Å². The molecule has 0 bridgehead atoms. The van der Waals surface area contributed by atoms with Crippen LogP contribution in [0.1, 0.15) is 21.6 Å². The van der Waals surface area contributed by atoms with Crippen LogP contribution in [0.5, 0.6) is 0 Å². The smallest absolute Gasteiger partial charge is 0.352 e. The van der Waals surface area contributed by atoms with Crippen LogP contribution in [0.4, 0.5) is 0 Å². The standard InChI is InChI=1S/C13H11NO2/c15-13(16)11-7-9-6-5-8-3-1-2-4-10(8)12(9)14-11/h1-4,7,14H,5-6H2,(H,15,16). The fourth-order valence-electron chi connectivity index (χ4n) is 2.30. The van der Waals surface area contributed by atoms with Crippen molar-refractivity contribution in [2.45, 2.75) is 12.8 Å². The van der Waals surface area contributed by atoms with Crippen LogP contribution >= 0.6 is 0 Å². The zero-order chi connectivity index (χ0) is 11.1. The van der Waals surface area contributed by atoms with Gasteiger partial charge in [0.2, 0.25) is 0 Å². The molecule has 0 fully saturated rings. The second kappa shape index (κ2) is 3.23. The summed E-state index contributed by atoms with van der Waals surface area (Å²) in [5, 5.41) is 8.95. The predicted octanol–water partition coefficient (Wildman–Crippen LogP) is 2.48. The lowest BCUT2D eigenvalue weighted by molar-refractivity contribution is 0.0691. The van der Waals surface area contributed by atoms with Gasteiger partial charge >= 0.3 is 5.97 Å². The van der Waals surface area contributed by atoms with Crippen molar-refractivity contribution in [1.29, 1.82) is 0 Å². The molecule has 1 aromatic heterocycles. The highest BCUT2D eigenvalue weighted by Crippen LogP contribution is 2.33. The van der Waals surface area contributed by atoms with Crippen molar-refractivity contribution in [3.8, 4) is 11.3 Å². The summed E-state index contributed by atoms with van der Waals surface area (Å²) in [5.41, 5.74) is 4.78. The molecule has 2 aromatic rings. The lowest BCUT2D eigenvalue weighted by Gasteiger charge is -2.15. The van der Waals surface area contributed by atoms with E-state index < -0.39 is 5.97 Å². The average Bonchev–Trinajstić information content (AvgIpc) is 2.73. The molecule has 0 amide bonds. The van der Waals surface area contributed by atoms with Gasteiger partial charge in [0.25, 0.3) is 0 Å². The molecule has 16 heavy (non-hydrogen) atoms. The van der Waals surface area contributed by atoms with Gasteiger partial charge in [-0.25, -0.2) is 4.79 Å². The van der Waals surface area contributed by atoms with Gasteiger partial charge in [-0.1, -0.05) is 24.3 Å². The molecule has 3 rings (SSSR count).